The average Bonchev–Trinajstić information content (AvgIpc) is 2.52. The SMILES string of the molecule is COc1cccc(C(=O)O)c1OCc1ccc(CO)cc1. The molecule has 0 saturated carbocycles. The average molecular weight is 288 g/mol. The van der Waals surface area contributed by atoms with E-state index in [1.165, 1.54) is 13.2 Å². The Morgan fingerprint density at radius 1 is 1.10 bits per heavy atom. The predicted molar refractivity (Wildman–Crippen MR) is 76.7 cm³/mol. The number of carboxylic acids is 1. The summed E-state index contributed by atoms with van der Waals surface area (Å²) in [7, 11) is 1.46. The van der Waals surface area contributed by atoms with Gasteiger partial charge in [0, 0.05) is 0 Å². The second kappa shape index (κ2) is 6.76. The van der Waals surface area contributed by atoms with Gasteiger partial charge in [-0.2, -0.15) is 0 Å². The van der Waals surface area contributed by atoms with Crippen molar-refractivity contribution in [2.75, 3.05) is 7.11 Å². The number of carboxylic acid groups (broad SMARTS) is 1. The maximum absolute atomic E-state index is 11.2. The number of hydrogen-bond donors (Lipinski definition) is 2. The molecule has 5 heteroatoms. The van der Waals surface area contributed by atoms with Gasteiger partial charge < -0.3 is 19.7 Å². The number of carbonyl (C=O) groups is 1. The summed E-state index contributed by atoms with van der Waals surface area (Å²) in [6.45, 7) is 0.198. The van der Waals surface area contributed by atoms with Crippen molar-refractivity contribution in [3.8, 4) is 11.5 Å². The lowest BCUT2D eigenvalue weighted by Gasteiger charge is -2.13. The van der Waals surface area contributed by atoms with E-state index >= 15 is 0 Å². The van der Waals surface area contributed by atoms with E-state index in [1.807, 2.05) is 12.1 Å². The van der Waals surface area contributed by atoms with Gasteiger partial charge in [0.15, 0.2) is 11.5 Å². The maximum Gasteiger partial charge on any atom is 0.339 e. The maximum atomic E-state index is 11.2. The van der Waals surface area contributed by atoms with Crippen LogP contribution in [0.5, 0.6) is 11.5 Å². The van der Waals surface area contributed by atoms with Crippen LogP contribution in [0.25, 0.3) is 0 Å². The second-order valence-corrected chi connectivity index (χ2v) is 4.41. The summed E-state index contributed by atoms with van der Waals surface area (Å²) in [6.07, 6.45) is 0. The zero-order valence-electron chi connectivity index (χ0n) is 11.6. The number of aromatic carboxylic acids is 1. The first kappa shape index (κ1) is 14.9. The number of aliphatic hydroxyl groups is 1. The third-order valence-corrected chi connectivity index (χ3v) is 3.02. The highest BCUT2D eigenvalue weighted by molar-refractivity contribution is 5.92. The molecule has 2 N–H and O–H groups in total. The molecule has 21 heavy (non-hydrogen) atoms. The second-order valence-electron chi connectivity index (χ2n) is 4.41. The van der Waals surface area contributed by atoms with Gasteiger partial charge in [0.25, 0.3) is 0 Å². The van der Waals surface area contributed by atoms with Crippen molar-refractivity contribution in [3.05, 3.63) is 59.2 Å². The number of benzene rings is 2. The Kier molecular flexibility index (Phi) is 4.79. The number of aliphatic hydroxyl groups excluding tert-OH is 1. The largest absolute Gasteiger partial charge is 0.493 e. The third kappa shape index (κ3) is 3.52. The number of rotatable bonds is 6. The number of methoxy groups -OCH3 is 1. The highest BCUT2D eigenvalue weighted by Gasteiger charge is 2.16. The van der Waals surface area contributed by atoms with Gasteiger partial charge in [-0.25, -0.2) is 4.79 Å². The summed E-state index contributed by atoms with van der Waals surface area (Å²) in [5.74, 6) is -0.486. The molecule has 2 rings (SSSR count). The van der Waals surface area contributed by atoms with Crippen molar-refractivity contribution in [2.24, 2.45) is 0 Å². The first-order chi connectivity index (χ1) is 10.2. The zero-order chi connectivity index (χ0) is 15.2. The van der Waals surface area contributed by atoms with Crippen LogP contribution in [0, 0.1) is 0 Å². The molecule has 0 aliphatic carbocycles. The molecule has 0 saturated heterocycles. The van der Waals surface area contributed by atoms with Crippen LogP contribution in [0.2, 0.25) is 0 Å². The molecule has 0 fully saturated rings. The van der Waals surface area contributed by atoms with Crippen LogP contribution >= 0.6 is 0 Å². The van der Waals surface area contributed by atoms with Gasteiger partial charge in [-0.15, -0.1) is 0 Å². The fraction of sp³-hybridized carbons (Fsp3) is 0.188. The van der Waals surface area contributed by atoms with Gasteiger partial charge in [0.1, 0.15) is 12.2 Å². The molecule has 0 aliphatic rings. The smallest absolute Gasteiger partial charge is 0.339 e. The van der Waals surface area contributed by atoms with Crippen molar-refractivity contribution in [1.29, 1.82) is 0 Å². The van der Waals surface area contributed by atoms with E-state index in [2.05, 4.69) is 0 Å². The molecule has 0 atom stereocenters. The minimum atomic E-state index is -1.07. The highest BCUT2D eigenvalue weighted by Crippen LogP contribution is 2.31. The summed E-state index contributed by atoms with van der Waals surface area (Å²) in [6, 6.07) is 11.9. The van der Waals surface area contributed by atoms with Crippen LogP contribution in [0.1, 0.15) is 21.5 Å². The van der Waals surface area contributed by atoms with Crippen molar-refractivity contribution in [2.45, 2.75) is 13.2 Å². The normalized spacial score (nSPS) is 10.2. The summed E-state index contributed by atoms with van der Waals surface area (Å²) in [5.41, 5.74) is 1.73. The molecule has 2 aromatic rings. The molecule has 110 valence electrons. The molecule has 0 aliphatic heterocycles. The quantitative estimate of drug-likeness (QED) is 0.854. The summed E-state index contributed by atoms with van der Waals surface area (Å²) in [4.78, 5) is 11.2. The predicted octanol–water partition coefficient (Wildman–Crippen LogP) is 2.46. The van der Waals surface area contributed by atoms with Gasteiger partial charge >= 0.3 is 5.97 Å². The van der Waals surface area contributed by atoms with Crippen molar-refractivity contribution >= 4 is 5.97 Å². The molecule has 0 radical (unpaired) electrons. The Bertz CT molecular complexity index is 619. The van der Waals surface area contributed by atoms with Crippen molar-refractivity contribution in [1.82, 2.24) is 0 Å². The van der Waals surface area contributed by atoms with Gasteiger partial charge in [-0.05, 0) is 23.3 Å². The zero-order valence-corrected chi connectivity index (χ0v) is 11.6. The van der Waals surface area contributed by atoms with E-state index in [9.17, 15) is 9.90 Å². The van der Waals surface area contributed by atoms with Gasteiger partial charge in [0.2, 0.25) is 0 Å². The lowest BCUT2D eigenvalue weighted by atomic mass is 10.1. The van der Waals surface area contributed by atoms with Crippen molar-refractivity contribution < 1.29 is 24.5 Å². The third-order valence-electron chi connectivity index (χ3n) is 3.02. The Labute approximate surface area is 122 Å². The van der Waals surface area contributed by atoms with Crippen LogP contribution in [0.4, 0.5) is 0 Å². The molecule has 0 heterocycles. The number of ether oxygens (including phenoxy) is 2. The van der Waals surface area contributed by atoms with Gasteiger partial charge in [0.05, 0.1) is 13.7 Å². The highest BCUT2D eigenvalue weighted by atomic mass is 16.5. The van der Waals surface area contributed by atoms with E-state index in [0.717, 1.165) is 11.1 Å². The minimum absolute atomic E-state index is 0.0171. The molecule has 0 spiro atoms. The van der Waals surface area contributed by atoms with Crippen LogP contribution in [-0.2, 0) is 13.2 Å². The Morgan fingerprint density at radius 3 is 2.33 bits per heavy atom. The fourth-order valence-corrected chi connectivity index (χ4v) is 1.89. The monoisotopic (exact) mass is 288 g/mol. The van der Waals surface area contributed by atoms with E-state index in [1.54, 1.807) is 24.3 Å². The Balaban J connectivity index is 2.20. The molecule has 0 amide bonds. The van der Waals surface area contributed by atoms with Crippen LogP contribution in [0.15, 0.2) is 42.5 Å². The van der Waals surface area contributed by atoms with Crippen LogP contribution in [0.3, 0.4) is 0 Å². The van der Waals surface area contributed by atoms with E-state index < -0.39 is 5.97 Å². The van der Waals surface area contributed by atoms with Crippen LogP contribution in [-0.4, -0.2) is 23.3 Å². The van der Waals surface area contributed by atoms with Crippen molar-refractivity contribution in [3.63, 3.8) is 0 Å². The van der Waals surface area contributed by atoms with E-state index in [0.29, 0.717) is 5.75 Å². The van der Waals surface area contributed by atoms with E-state index in [4.69, 9.17) is 14.6 Å². The number of para-hydroxylation sites is 1. The lowest BCUT2D eigenvalue weighted by Crippen LogP contribution is -2.05. The van der Waals surface area contributed by atoms with Gasteiger partial charge in [-0.3, -0.25) is 0 Å². The molecule has 0 unspecified atom stereocenters. The van der Waals surface area contributed by atoms with E-state index in [-0.39, 0.29) is 24.5 Å². The van der Waals surface area contributed by atoms with Gasteiger partial charge in [-0.1, -0.05) is 30.3 Å². The molecule has 2 aromatic carbocycles. The molecular formula is C16H16O5. The summed E-state index contributed by atoms with van der Waals surface area (Å²) in [5, 5.41) is 18.2. The number of hydrogen-bond acceptors (Lipinski definition) is 4. The summed E-state index contributed by atoms with van der Waals surface area (Å²) < 4.78 is 10.8. The fourth-order valence-electron chi connectivity index (χ4n) is 1.89. The molecule has 5 nitrogen and oxygen atoms in total. The molecule has 0 bridgehead atoms. The lowest BCUT2D eigenvalue weighted by molar-refractivity contribution is 0.0691. The minimum Gasteiger partial charge on any atom is -0.493 e. The molecule has 0 aromatic heterocycles. The first-order valence-corrected chi connectivity index (χ1v) is 6.37. The summed E-state index contributed by atoms with van der Waals surface area (Å²) >= 11 is 0. The van der Waals surface area contributed by atoms with Crippen LogP contribution < -0.4 is 9.47 Å². The molecular weight excluding hydrogens is 272 g/mol. The topological polar surface area (TPSA) is 76.0 Å². The Hall–Kier alpha value is -2.53. The standard InChI is InChI=1S/C16H16O5/c1-20-14-4-2-3-13(16(18)19)15(14)21-10-12-7-5-11(9-17)6-8-12/h2-8,17H,9-10H2,1H3,(H,18,19). The first-order valence-electron chi connectivity index (χ1n) is 6.37. The Morgan fingerprint density at radius 2 is 1.76 bits per heavy atom.